The fraction of sp³-hybridized carbons (Fsp3) is 0.0667. The number of benzene rings is 1. The molecule has 21 heavy (non-hydrogen) atoms. The van der Waals surface area contributed by atoms with Gasteiger partial charge in [-0.25, -0.2) is 0 Å². The van der Waals surface area contributed by atoms with Crippen molar-refractivity contribution in [1.29, 1.82) is 0 Å². The summed E-state index contributed by atoms with van der Waals surface area (Å²) in [6.45, 7) is 0. The van der Waals surface area contributed by atoms with Crippen LogP contribution in [-0.2, 0) is 6.42 Å². The van der Waals surface area contributed by atoms with Crippen LogP contribution in [0.25, 0.3) is 11.5 Å². The molecule has 0 aliphatic heterocycles. The molecular weight excluding hydrogens is 334 g/mol. The summed E-state index contributed by atoms with van der Waals surface area (Å²) in [7, 11) is 0. The Bertz CT molecular complexity index is 754. The summed E-state index contributed by atoms with van der Waals surface area (Å²) in [4.78, 5) is 20.4. The topological polar surface area (TPSA) is 68.9 Å². The third kappa shape index (κ3) is 3.22. The Morgan fingerprint density at radius 1 is 1.14 bits per heavy atom. The number of aromatic nitrogens is 3. The summed E-state index contributed by atoms with van der Waals surface area (Å²) in [5.41, 5.74) is 1.22. The molecule has 3 rings (SSSR count). The van der Waals surface area contributed by atoms with E-state index in [1.54, 1.807) is 24.4 Å². The number of carbonyl (C=O) groups excluding carboxylic acids is 1. The van der Waals surface area contributed by atoms with E-state index in [1.165, 1.54) is 0 Å². The third-order valence-corrected chi connectivity index (χ3v) is 3.30. The lowest BCUT2D eigenvalue weighted by Crippen LogP contribution is -2.03. The zero-order valence-electron chi connectivity index (χ0n) is 10.9. The monoisotopic (exact) mass is 343 g/mol. The van der Waals surface area contributed by atoms with Crippen molar-refractivity contribution in [3.05, 3.63) is 64.6 Å². The van der Waals surface area contributed by atoms with Crippen LogP contribution < -0.4 is 0 Å². The first-order valence-electron chi connectivity index (χ1n) is 6.25. The average Bonchev–Trinajstić information content (AvgIpc) is 2.97. The number of ketones is 1. The van der Waals surface area contributed by atoms with Gasteiger partial charge in [0.1, 0.15) is 5.69 Å². The van der Waals surface area contributed by atoms with Gasteiger partial charge in [0.25, 0.3) is 0 Å². The molecule has 0 N–H and O–H groups in total. The van der Waals surface area contributed by atoms with Gasteiger partial charge in [-0.2, -0.15) is 4.98 Å². The number of halogens is 1. The molecule has 0 aliphatic rings. The number of nitrogens with zero attached hydrogens (tertiary/aromatic N) is 3. The van der Waals surface area contributed by atoms with Crippen molar-refractivity contribution in [2.24, 2.45) is 0 Å². The Morgan fingerprint density at radius 2 is 1.95 bits per heavy atom. The molecule has 104 valence electrons. The van der Waals surface area contributed by atoms with E-state index < -0.39 is 0 Å². The minimum atomic E-state index is -0.0606. The molecular formula is C15H10BrN3O2. The van der Waals surface area contributed by atoms with E-state index in [0.717, 1.165) is 4.47 Å². The van der Waals surface area contributed by atoms with Crippen molar-refractivity contribution in [2.45, 2.75) is 6.42 Å². The van der Waals surface area contributed by atoms with Crippen LogP contribution in [0, 0.1) is 0 Å². The van der Waals surface area contributed by atoms with E-state index in [4.69, 9.17) is 4.52 Å². The molecule has 2 heterocycles. The van der Waals surface area contributed by atoms with Crippen molar-refractivity contribution in [3.63, 3.8) is 0 Å². The summed E-state index contributed by atoms with van der Waals surface area (Å²) in [5, 5.41) is 3.85. The number of hydrogen-bond acceptors (Lipinski definition) is 5. The molecule has 0 atom stereocenters. The largest absolute Gasteiger partial charge is 0.338 e. The first kappa shape index (κ1) is 13.6. The van der Waals surface area contributed by atoms with E-state index in [0.29, 0.717) is 17.1 Å². The lowest BCUT2D eigenvalue weighted by molar-refractivity contribution is 0.0983. The maximum absolute atomic E-state index is 12.1. The molecule has 0 fully saturated rings. The van der Waals surface area contributed by atoms with Crippen molar-refractivity contribution >= 4 is 21.7 Å². The van der Waals surface area contributed by atoms with Gasteiger partial charge in [0.05, 0.1) is 6.42 Å². The third-order valence-electron chi connectivity index (χ3n) is 2.83. The predicted octanol–water partition coefficient (Wildman–Crippen LogP) is 3.32. The van der Waals surface area contributed by atoms with Gasteiger partial charge in [0.2, 0.25) is 11.7 Å². The van der Waals surface area contributed by atoms with Gasteiger partial charge in [-0.05, 0) is 28.1 Å². The molecule has 1 aromatic carbocycles. The number of hydrogen-bond donors (Lipinski definition) is 0. The van der Waals surface area contributed by atoms with Gasteiger partial charge < -0.3 is 4.52 Å². The maximum atomic E-state index is 12.1. The van der Waals surface area contributed by atoms with Gasteiger partial charge in [-0.15, -0.1) is 0 Å². The first-order chi connectivity index (χ1) is 10.2. The molecule has 2 aromatic heterocycles. The fourth-order valence-corrected chi connectivity index (χ4v) is 2.04. The smallest absolute Gasteiger partial charge is 0.234 e. The molecule has 0 saturated heterocycles. The minimum Gasteiger partial charge on any atom is -0.338 e. The summed E-state index contributed by atoms with van der Waals surface area (Å²) in [6.07, 6.45) is 1.73. The number of pyridine rings is 1. The van der Waals surface area contributed by atoms with Crippen LogP contribution in [0.4, 0.5) is 0 Å². The maximum Gasteiger partial charge on any atom is 0.234 e. The minimum absolute atomic E-state index is 0.0606. The fourth-order valence-electron chi connectivity index (χ4n) is 1.80. The van der Waals surface area contributed by atoms with Crippen LogP contribution in [0.3, 0.4) is 0 Å². The van der Waals surface area contributed by atoms with Gasteiger partial charge in [0, 0.05) is 16.2 Å². The molecule has 0 amide bonds. The summed E-state index contributed by atoms with van der Waals surface area (Å²) in [6, 6.07) is 12.6. The molecule has 0 saturated carbocycles. The second-order valence-corrected chi connectivity index (χ2v) is 5.26. The molecule has 6 heteroatoms. The highest BCUT2D eigenvalue weighted by Gasteiger charge is 2.14. The Morgan fingerprint density at radius 3 is 2.67 bits per heavy atom. The Hall–Kier alpha value is -2.34. The van der Waals surface area contributed by atoms with Gasteiger partial charge in [-0.3, -0.25) is 9.78 Å². The number of rotatable bonds is 4. The van der Waals surface area contributed by atoms with E-state index >= 15 is 0 Å². The normalized spacial score (nSPS) is 10.5. The van der Waals surface area contributed by atoms with E-state index in [9.17, 15) is 4.79 Å². The highest BCUT2D eigenvalue weighted by atomic mass is 79.9. The molecule has 3 aromatic rings. The van der Waals surface area contributed by atoms with Crippen LogP contribution in [0.5, 0.6) is 0 Å². The molecule has 0 radical (unpaired) electrons. The highest BCUT2D eigenvalue weighted by Crippen LogP contribution is 2.16. The Labute approximate surface area is 129 Å². The Kier molecular flexibility index (Phi) is 3.87. The van der Waals surface area contributed by atoms with Crippen LogP contribution >= 0.6 is 15.9 Å². The van der Waals surface area contributed by atoms with Crippen LogP contribution in [0.1, 0.15) is 16.2 Å². The van der Waals surface area contributed by atoms with Crippen molar-refractivity contribution in [2.75, 3.05) is 0 Å². The van der Waals surface area contributed by atoms with E-state index in [1.807, 2.05) is 24.3 Å². The van der Waals surface area contributed by atoms with Crippen molar-refractivity contribution < 1.29 is 9.32 Å². The van der Waals surface area contributed by atoms with Gasteiger partial charge >= 0.3 is 0 Å². The van der Waals surface area contributed by atoms with Crippen molar-refractivity contribution in [1.82, 2.24) is 15.1 Å². The second kappa shape index (κ2) is 5.97. The van der Waals surface area contributed by atoms with Gasteiger partial charge in [0.15, 0.2) is 5.78 Å². The molecule has 5 nitrogen and oxygen atoms in total. The summed E-state index contributed by atoms with van der Waals surface area (Å²) >= 11 is 3.31. The molecule has 0 bridgehead atoms. The lowest BCUT2D eigenvalue weighted by Gasteiger charge is -1.96. The molecule has 0 aliphatic carbocycles. The lowest BCUT2D eigenvalue weighted by atomic mass is 10.1. The summed E-state index contributed by atoms with van der Waals surface area (Å²) in [5.74, 6) is 0.594. The highest BCUT2D eigenvalue weighted by molar-refractivity contribution is 9.10. The molecule has 0 spiro atoms. The van der Waals surface area contributed by atoms with Crippen LogP contribution in [0.2, 0.25) is 0 Å². The van der Waals surface area contributed by atoms with E-state index in [-0.39, 0.29) is 18.1 Å². The zero-order chi connectivity index (χ0) is 14.7. The zero-order valence-corrected chi connectivity index (χ0v) is 12.4. The Balaban J connectivity index is 1.76. The average molecular weight is 344 g/mol. The van der Waals surface area contributed by atoms with Crippen LogP contribution in [0.15, 0.2) is 57.7 Å². The molecule has 0 unspecified atom stereocenters. The first-order valence-corrected chi connectivity index (χ1v) is 7.04. The predicted molar refractivity (Wildman–Crippen MR) is 79.7 cm³/mol. The second-order valence-electron chi connectivity index (χ2n) is 4.34. The van der Waals surface area contributed by atoms with E-state index in [2.05, 4.69) is 31.1 Å². The SMILES string of the molecule is O=C(Cc1nc(-c2ccc(Br)cn2)no1)c1ccccc1. The van der Waals surface area contributed by atoms with Crippen LogP contribution in [-0.4, -0.2) is 20.9 Å². The number of carbonyl (C=O) groups is 1. The summed E-state index contributed by atoms with van der Waals surface area (Å²) < 4.78 is 5.98. The quantitative estimate of drug-likeness (QED) is 0.679. The standard InChI is InChI=1S/C15H10BrN3O2/c16-11-6-7-12(17-9-11)15-18-14(21-19-15)8-13(20)10-4-2-1-3-5-10/h1-7,9H,8H2. The number of Topliss-reactive ketones (excluding diaryl/α,β-unsaturated/α-hetero) is 1. The van der Waals surface area contributed by atoms with Crippen molar-refractivity contribution in [3.8, 4) is 11.5 Å². The van der Waals surface area contributed by atoms with Gasteiger partial charge in [-0.1, -0.05) is 35.5 Å².